The van der Waals surface area contributed by atoms with Crippen molar-refractivity contribution >= 4 is 51.8 Å². The SMILES string of the molecule is COC1CCN(c2nccc(Nc3cc4c(cn3)c(N3CCC(N(C)Cc5cccc(NC6CCC(=O)NC6=O)c5)CC3)nn4C(C)C)n2)CC1. The summed E-state index contributed by atoms with van der Waals surface area (Å²) in [4.78, 5) is 44.9. The Bertz CT molecular complexity index is 1850. The third-order valence-electron chi connectivity index (χ3n) is 10.3. The van der Waals surface area contributed by atoms with Crippen molar-refractivity contribution in [3.05, 3.63) is 54.4 Å². The standard InChI is InChI=1S/C37H49N11O3/c1-24(2)48-31-21-33(41-32-10-15-38-37(42-32)47-18-13-28(51-4)14-19-47)39-22-29(31)35(44-48)46-16-11-27(12-17-46)45(3)23-25-6-5-7-26(20-25)40-30-8-9-34(49)43-36(30)50/h5-7,10,15,20-22,24,27-28,30,40H,8-9,11-14,16-19,23H2,1-4H3,(H,43,49,50)(H,38,39,41,42). The summed E-state index contributed by atoms with van der Waals surface area (Å²) in [6.07, 6.45) is 8.86. The fraction of sp³-hybridized carbons (Fsp3) is 0.514. The van der Waals surface area contributed by atoms with Gasteiger partial charge in [0, 0.05) is 82.5 Å². The summed E-state index contributed by atoms with van der Waals surface area (Å²) < 4.78 is 7.62. The lowest BCUT2D eigenvalue weighted by Gasteiger charge is -2.37. The van der Waals surface area contributed by atoms with Crippen LogP contribution >= 0.6 is 0 Å². The maximum Gasteiger partial charge on any atom is 0.249 e. The van der Waals surface area contributed by atoms with E-state index >= 15 is 0 Å². The molecule has 1 atom stereocenters. The molecule has 51 heavy (non-hydrogen) atoms. The van der Waals surface area contributed by atoms with Crippen molar-refractivity contribution in [2.45, 2.75) is 83.1 Å². The van der Waals surface area contributed by atoms with Crippen molar-refractivity contribution in [2.75, 3.05) is 60.8 Å². The van der Waals surface area contributed by atoms with Gasteiger partial charge in [-0.2, -0.15) is 10.1 Å². The van der Waals surface area contributed by atoms with Gasteiger partial charge in [0.2, 0.25) is 17.8 Å². The average molecular weight is 696 g/mol. The van der Waals surface area contributed by atoms with Crippen molar-refractivity contribution in [3.63, 3.8) is 0 Å². The molecule has 3 aliphatic heterocycles. The maximum atomic E-state index is 12.2. The first-order valence-corrected chi connectivity index (χ1v) is 18.1. The van der Waals surface area contributed by atoms with E-state index in [9.17, 15) is 9.59 Å². The molecule has 14 nitrogen and oxygen atoms in total. The monoisotopic (exact) mass is 695 g/mol. The Balaban J connectivity index is 0.983. The molecule has 14 heteroatoms. The zero-order valence-corrected chi connectivity index (χ0v) is 30.0. The van der Waals surface area contributed by atoms with Gasteiger partial charge in [-0.05, 0) is 76.8 Å². The third-order valence-corrected chi connectivity index (χ3v) is 10.3. The number of fused-ring (bicyclic) bond motifs is 1. The number of rotatable bonds is 11. The van der Waals surface area contributed by atoms with Crippen LogP contribution in [0.2, 0.25) is 0 Å². The molecular weight excluding hydrogens is 646 g/mol. The number of hydrogen-bond donors (Lipinski definition) is 3. The molecule has 3 N–H and O–H groups in total. The van der Waals surface area contributed by atoms with Gasteiger partial charge in [-0.15, -0.1) is 0 Å². The number of nitrogens with zero attached hydrogens (tertiary/aromatic N) is 8. The quantitative estimate of drug-likeness (QED) is 0.190. The van der Waals surface area contributed by atoms with Crippen molar-refractivity contribution in [1.82, 2.24) is 34.9 Å². The first kappa shape index (κ1) is 34.6. The molecule has 7 rings (SSSR count). The minimum atomic E-state index is -0.394. The van der Waals surface area contributed by atoms with E-state index < -0.39 is 6.04 Å². The first-order valence-electron chi connectivity index (χ1n) is 18.1. The fourth-order valence-corrected chi connectivity index (χ4v) is 7.43. The minimum Gasteiger partial charge on any atom is -0.381 e. The number of methoxy groups -OCH3 is 1. The number of piperidine rings is 3. The number of ether oxygens (including phenoxy) is 1. The molecule has 0 spiro atoms. The number of amides is 2. The summed E-state index contributed by atoms with van der Waals surface area (Å²) in [6.45, 7) is 8.67. The van der Waals surface area contributed by atoms with Gasteiger partial charge in [-0.3, -0.25) is 24.5 Å². The predicted octanol–water partition coefficient (Wildman–Crippen LogP) is 4.48. The largest absolute Gasteiger partial charge is 0.381 e. The zero-order chi connectivity index (χ0) is 35.5. The highest BCUT2D eigenvalue weighted by molar-refractivity contribution is 6.01. The van der Waals surface area contributed by atoms with Crippen molar-refractivity contribution in [3.8, 4) is 0 Å². The number of pyridine rings is 1. The lowest BCUT2D eigenvalue weighted by molar-refractivity contribution is -0.133. The third kappa shape index (κ3) is 7.91. The van der Waals surface area contributed by atoms with Gasteiger partial charge in [0.1, 0.15) is 17.7 Å². The van der Waals surface area contributed by atoms with Crippen LogP contribution in [-0.2, 0) is 20.9 Å². The van der Waals surface area contributed by atoms with E-state index in [1.807, 2.05) is 24.4 Å². The predicted molar refractivity (Wildman–Crippen MR) is 198 cm³/mol. The highest BCUT2D eigenvalue weighted by atomic mass is 16.5. The topological polar surface area (TPSA) is 146 Å². The number of carbonyl (C=O) groups is 2. The van der Waals surface area contributed by atoms with Gasteiger partial charge < -0.3 is 25.2 Å². The molecule has 1 unspecified atom stereocenters. The van der Waals surface area contributed by atoms with Gasteiger partial charge in [0.15, 0.2) is 5.82 Å². The summed E-state index contributed by atoms with van der Waals surface area (Å²) in [5.41, 5.74) is 3.11. The number of benzene rings is 1. The van der Waals surface area contributed by atoms with Crippen LogP contribution in [0.3, 0.4) is 0 Å². The molecule has 0 radical (unpaired) electrons. The van der Waals surface area contributed by atoms with E-state index in [4.69, 9.17) is 19.8 Å². The van der Waals surface area contributed by atoms with E-state index in [2.05, 4.69) is 79.4 Å². The van der Waals surface area contributed by atoms with Gasteiger partial charge >= 0.3 is 0 Å². The smallest absolute Gasteiger partial charge is 0.249 e. The molecule has 4 aromatic rings. The van der Waals surface area contributed by atoms with E-state index in [0.717, 1.165) is 92.6 Å². The van der Waals surface area contributed by atoms with Gasteiger partial charge in [0.05, 0.1) is 17.0 Å². The number of imide groups is 1. The van der Waals surface area contributed by atoms with E-state index in [1.54, 1.807) is 13.3 Å². The summed E-state index contributed by atoms with van der Waals surface area (Å²) in [5.74, 6) is 2.66. The van der Waals surface area contributed by atoms with Crippen LogP contribution in [-0.4, -0.2) is 100.0 Å². The van der Waals surface area contributed by atoms with Crippen LogP contribution in [0.1, 0.15) is 64.0 Å². The van der Waals surface area contributed by atoms with Gasteiger partial charge in [-0.1, -0.05) is 12.1 Å². The molecule has 2 amide bonds. The molecular formula is C37H49N11O3. The Morgan fingerprint density at radius 3 is 2.51 bits per heavy atom. The lowest BCUT2D eigenvalue weighted by Crippen LogP contribution is -2.47. The number of hydrogen-bond acceptors (Lipinski definition) is 12. The number of aromatic nitrogens is 5. The normalized spacial score (nSPS) is 19.3. The second-order valence-corrected chi connectivity index (χ2v) is 14.2. The summed E-state index contributed by atoms with van der Waals surface area (Å²) in [5, 5.41) is 15.3. The number of carbonyl (C=O) groups excluding carboxylic acids is 2. The molecule has 0 saturated carbocycles. The average Bonchev–Trinajstić information content (AvgIpc) is 3.52. The Hall–Kier alpha value is -4.82. The molecule has 3 saturated heterocycles. The van der Waals surface area contributed by atoms with Crippen molar-refractivity contribution < 1.29 is 14.3 Å². The van der Waals surface area contributed by atoms with E-state index in [1.165, 1.54) is 5.56 Å². The second kappa shape index (κ2) is 15.2. The molecule has 3 fully saturated rings. The highest BCUT2D eigenvalue weighted by Gasteiger charge is 2.28. The van der Waals surface area contributed by atoms with Crippen LogP contribution in [0.4, 0.5) is 29.1 Å². The zero-order valence-electron chi connectivity index (χ0n) is 30.0. The summed E-state index contributed by atoms with van der Waals surface area (Å²) >= 11 is 0. The number of anilines is 5. The highest BCUT2D eigenvalue weighted by Crippen LogP contribution is 2.32. The molecule has 1 aromatic carbocycles. The Kier molecular flexibility index (Phi) is 10.3. The molecule has 3 aliphatic rings. The van der Waals surface area contributed by atoms with Crippen LogP contribution in [0, 0.1) is 0 Å². The van der Waals surface area contributed by atoms with Gasteiger partial charge in [-0.25, -0.2) is 9.97 Å². The summed E-state index contributed by atoms with van der Waals surface area (Å²) in [6, 6.07) is 12.4. The molecule has 6 heterocycles. The lowest BCUT2D eigenvalue weighted by atomic mass is 10.0. The fourth-order valence-electron chi connectivity index (χ4n) is 7.43. The molecule has 0 bridgehead atoms. The van der Waals surface area contributed by atoms with Crippen LogP contribution in [0.5, 0.6) is 0 Å². The Morgan fingerprint density at radius 1 is 0.980 bits per heavy atom. The molecule has 3 aromatic heterocycles. The van der Waals surface area contributed by atoms with Gasteiger partial charge in [0.25, 0.3) is 0 Å². The Labute approximate surface area is 299 Å². The minimum absolute atomic E-state index is 0.182. The summed E-state index contributed by atoms with van der Waals surface area (Å²) in [7, 11) is 3.96. The van der Waals surface area contributed by atoms with Crippen LogP contribution < -0.4 is 25.8 Å². The first-order chi connectivity index (χ1) is 24.7. The van der Waals surface area contributed by atoms with Crippen molar-refractivity contribution in [2.24, 2.45) is 0 Å². The van der Waals surface area contributed by atoms with Crippen LogP contribution in [0.25, 0.3) is 10.9 Å². The van der Waals surface area contributed by atoms with E-state index in [0.29, 0.717) is 30.8 Å². The maximum absolute atomic E-state index is 12.2. The van der Waals surface area contributed by atoms with E-state index in [-0.39, 0.29) is 17.9 Å². The van der Waals surface area contributed by atoms with Crippen LogP contribution in [0.15, 0.2) is 48.8 Å². The second-order valence-electron chi connectivity index (χ2n) is 14.2. The molecule has 270 valence electrons. The Morgan fingerprint density at radius 2 is 1.76 bits per heavy atom. The molecule has 0 aliphatic carbocycles. The number of nitrogens with one attached hydrogen (secondary N) is 3. The van der Waals surface area contributed by atoms with Crippen molar-refractivity contribution in [1.29, 1.82) is 0 Å².